The van der Waals surface area contributed by atoms with Crippen molar-refractivity contribution in [3.05, 3.63) is 35.4 Å². The molecule has 0 saturated carbocycles. The van der Waals surface area contributed by atoms with Gasteiger partial charge in [-0.3, -0.25) is 4.79 Å². The molecule has 0 aliphatic carbocycles. The number of aldehydes is 1. The van der Waals surface area contributed by atoms with Crippen molar-refractivity contribution in [2.24, 2.45) is 0 Å². The van der Waals surface area contributed by atoms with E-state index in [1.54, 1.807) is 0 Å². The Morgan fingerprint density at radius 1 is 1.45 bits per heavy atom. The lowest BCUT2D eigenvalue weighted by Gasteiger charge is -2.26. The molecule has 2 aromatic rings. The Hall–Kier alpha value is -1.94. The highest BCUT2D eigenvalue weighted by atomic mass is 16.5. The molecule has 22 heavy (non-hydrogen) atoms. The molecular formula is C18H22N2O2. The summed E-state index contributed by atoms with van der Waals surface area (Å²) in [7, 11) is 0. The summed E-state index contributed by atoms with van der Waals surface area (Å²) in [5.74, 6) is 0.773. The third-order valence-corrected chi connectivity index (χ3v) is 4.31. The number of benzene rings is 1. The van der Waals surface area contributed by atoms with E-state index in [2.05, 4.69) is 24.8 Å². The van der Waals surface area contributed by atoms with Crippen LogP contribution >= 0.6 is 0 Å². The average Bonchev–Trinajstić information content (AvgIpc) is 3.05. The molecule has 1 aromatic carbocycles. The fraction of sp³-hybridized carbons (Fsp3) is 0.444. The van der Waals surface area contributed by atoms with Crippen LogP contribution in [-0.2, 0) is 4.74 Å². The largest absolute Gasteiger partial charge is 0.376 e. The molecular weight excluding hydrogens is 276 g/mol. The maximum atomic E-state index is 11.5. The summed E-state index contributed by atoms with van der Waals surface area (Å²) < 4.78 is 5.73. The Morgan fingerprint density at radius 3 is 3.00 bits per heavy atom. The normalized spacial score (nSPS) is 17.8. The lowest BCUT2D eigenvalue weighted by Crippen LogP contribution is -2.33. The Labute approximate surface area is 131 Å². The Balaban J connectivity index is 2.02. The molecule has 1 atom stereocenters. The van der Waals surface area contributed by atoms with Crippen LogP contribution in [0.2, 0.25) is 0 Å². The van der Waals surface area contributed by atoms with Crippen molar-refractivity contribution in [1.82, 2.24) is 4.98 Å². The topological polar surface area (TPSA) is 42.4 Å². The Bertz CT molecular complexity index is 678. The van der Waals surface area contributed by atoms with Gasteiger partial charge in [0.15, 0.2) is 6.29 Å². The van der Waals surface area contributed by atoms with E-state index in [9.17, 15) is 4.79 Å². The predicted octanol–water partition coefficient (Wildman–Crippen LogP) is 3.36. The van der Waals surface area contributed by atoms with Crippen LogP contribution in [0, 0.1) is 6.92 Å². The van der Waals surface area contributed by atoms with Gasteiger partial charge in [0.2, 0.25) is 0 Å². The van der Waals surface area contributed by atoms with E-state index in [4.69, 9.17) is 9.72 Å². The fourth-order valence-corrected chi connectivity index (χ4v) is 3.09. The van der Waals surface area contributed by atoms with E-state index in [1.165, 1.54) is 0 Å². The third kappa shape index (κ3) is 2.83. The molecule has 0 bridgehead atoms. The summed E-state index contributed by atoms with van der Waals surface area (Å²) in [6.07, 6.45) is 3.35. The maximum Gasteiger partial charge on any atom is 0.153 e. The lowest BCUT2D eigenvalue weighted by atomic mass is 10.1. The fourth-order valence-electron chi connectivity index (χ4n) is 3.09. The number of aromatic nitrogens is 1. The number of nitrogens with zero attached hydrogens (tertiary/aromatic N) is 2. The van der Waals surface area contributed by atoms with Crippen molar-refractivity contribution in [2.45, 2.75) is 32.8 Å². The number of para-hydroxylation sites is 1. The minimum absolute atomic E-state index is 0.244. The van der Waals surface area contributed by atoms with Gasteiger partial charge in [-0.15, -0.1) is 0 Å². The molecule has 0 spiro atoms. The molecule has 1 aliphatic rings. The highest BCUT2D eigenvalue weighted by Crippen LogP contribution is 2.26. The Morgan fingerprint density at radius 2 is 2.32 bits per heavy atom. The summed E-state index contributed by atoms with van der Waals surface area (Å²) in [5.41, 5.74) is 2.75. The van der Waals surface area contributed by atoms with Gasteiger partial charge in [-0.25, -0.2) is 4.98 Å². The molecule has 1 fully saturated rings. The summed E-state index contributed by atoms with van der Waals surface area (Å²) in [6.45, 7) is 6.59. The van der Waals surface area contributed by atoms with Crippen molar-refractivity contribution in [3.8, 4) is 0 Å². The number of hydrogen-bond donors (Lipinski definition) is 0. The second kappa shape index (κ2) is 6.44. The SMILES string of the molecule is CCN(CC1CCCO1)c1nc2c(C)cccc2cc1C=O. The van der Waals surface area contributed by atoms with Gasteiger partial charge in [0.25, 0.3) is 0 Å². The van der Waals surface area contributed by atoms with Gasteiger partial charge in [0.1, 0.15) is 5.82 Å². The molecule has 0 N–H and O–H groups in total. The zero-order valence-corrected chi connectivity index (χ0v) is 13.2. The summed E-state index contributed by atoms with van der Waals surface area (Å²) in [5, 5.41) is 1.01. The monoisotopic (exact) mass is 298 g/mol. The molecule has 0 amide bonds. The van der Waals surface area contributed by atoms with E-state index >= 15 is 0 Å². The zero-order valence-electron chi connectivity index (χ0n) is 13.2. The first-order valence-corrected chi connectivity index (χ1v) is 7.95. The summed E-state index contributed by atoms with van der Waals surface area (Å²) in [4.78, 5) is 18.5. The number of fused-ring (bicyclic) bond motifs is 1. The van der Waals surface area contributed by atoms with Crippen molar-refractivity contribution >= 4 is 23.0 Å². The number of rotatable bonds is 5. The van der Waals surface area contributed by atoms with Gasteiger partial charge < -0.3 is 9.64 Å². The number of likely N-dealkylation sites (N-methyl/N-ethyl adjacent to an activating group) is 1. The number of aryl methyl sites for hydroxylation is 1. The van der Waals surface area contributed by atoms with Gasteiger partial charge in [0, 0.05) is 25.1 Å². The van der Waals surface area contributed by atoms with Crippen molar-refractivity contribution in [2.75, 3.05) is 24.6 Å². The molecule has 1 unspecified atom stereocenters. The number of carbonyl (C=O) groups is 1. The lowest BCUT2D eigenvalue weighted by molar-refractivity contribution is 0.111. The zero-order chi connectivity index (χ0) is 15.5. The van der Waals surface area contributed by atoms with Crippen LogP contribution in [0.5, 0.6) is 0 Å². The van der Waals surface area contributed by atoms with Gasteiger partial charge in [-0.1, -0.05) is 18.2 Å². The molecule has 4 heteroatoms. The number of anilines is 1. The van der Waals surface area contributed by atoms with Gasteiger partial charge >= 0.3 is 0 Å². The highest BCUT2D eigenvalue weighted by molar-refractivity contribution is 5.93. The molecule has 116 valence electrons. The smallest absolute Gasteiger partial charge is 0.153 e. The van der Waals surface area contributed by atoms with Crippen LogP contribution in [0.15, 0.2) is 24.3 Å². The summed E-state index contributed by atoms with van der Waals surface area (Å²) in [6, 6.07) is 7.99. The number of carbonyl (C=O) groups excluding carboxylic acids is 1. The van der Waals surface area contributed by atoms with Crippen LogP contribution in [0.1, 0.15) is 35.7 Å². The second-order valence-corrected chi connectivity index (χ2v) is 5.84. The quantitative estimate of drug-likeness (QED) is 0.794. The van der Waals surface area contributed by atoms with E-state index in [0.717, 1.165) is 61.1 Å². The first-order chi connectivity index (χ1) is 10.7. The minimum Gasteiger partial charge on any atom is -0.376 e. The summed E-state index contributed by atoms with van der Waals surface area (Å²) >= 11 is 0. The van der Waals surface area contributed by atoms with E-state index in [1.807, 2.05) is 18.2 Å². The predicted molar refractivity (Wildman–Crippen MR) is 88.7 cm³/mol. The number of pyridine rings is 1. The molecule has 4 nitrogen and oxygen atoms in total. The van der Waals surface area contributed by atoms with Gasteiger partial charge in [-0.2, -0.15) is 0 Å². The van der Waals surface area contributed by atoms with Crippen molar-refractivity contribution in [3.63, 3.8) is 0 Å². The van der Waals surface area contributed by atoms with Crippen molar-refractivity contribution in [1.29, 1.82) is 0 Å². The van der Waals surface area contributed by atoms with Crippen LogP contribution in [0.3, 0.4) is 0 Å². The standard InChI is InChI=1S/C18H22N2O2/c1-3-20(11-16-8-5-9-22-16)18-15(12-21)10-14-7-4-6-13(2)17(14)19-18/h4,6-7,10,12,16H,3,5,8-9,11H2,1-2H3. The molecule has 1 aliphatic heterocycles. The molecule has 1 saturated heterocycles. The van der Waals surface area contributed by atoms with Gasteiger partial charge in [-0.05, 0) is 38.3 Å². The van der Waals surface area contributed by atoms with Gasteiger partial charge in [0.05, 0.1) is 17.2 Å². The van der Waals surface area contributed by atoms with Crippen LogP contribution in [0.4, 0.5) is 5.82 Å². The first kappa shape index (κ1) is 15.0. The second-order valence-electron chi connectivity index (χ2n) is 5.84. The Kier molecular flexibility index (Phi) is 4.39. The number of ether oxygens (including phenoxy) is 1. The first-order valence-electron chi connectivity index (χ1n) is 7.95. The van der Waals surface area contributed by atoms with Crippen molar-refractivity contribution < 1.29 is 9.53 Å². The molecule has 3 rings (SSSR count). The van der Waals surface area contributed by atoms with E-state index < -0.39 is 0 Å². The minimum atomic E-state index is 0.244. The maximum absolute atomic E-state index is 11.5. The highest BCUT2D eigenvalue weighted by Gasteiger charge is 2.21. The van der Waals surface area contributed by atoms with E-state index in [0.29, 0.717) is 5.56 Å². The molecule has 2 heterocycles. The van der Waals surface area contributed by atoms with E-state index in [-0.39, 0.29) is 6.10 Å². The number of hydrogen-bond acceptors (Lipinski definition) is 4. The third-order valence-electron chi connectivity index (χ3n) is 4.31. The molecule has 0 radical (unpaired) electrons. The average molecular weight is 298 g/mol. The van der Waals surface area contributed by atoms with Crippen LogP contribution in [-0.4, -0.2) is 37.1 Å². The van der Waals surface area contributed by atoms with Crippen LogP contribution in [0.25, 0.3) is 10.9 Å². The molecule has 1 aromatic heterocycles. The van der Waals surface area contributed by atoms with Crippen LogP contribution < -0.4 is 4.90 Å².